The number of esters is 2. The topological polar surface area (TPSA) is 108 Å². The molecule has 9 heteroatoms. The SMILES string of the molecule is CCCCCC/C=C\CCCCCCCC(=O)OCC(COC(OCC[N+](C)(C)C)C(=O)O)OC(=O)CCCCCCCCCCCCCCCCCCCCCCCCC/C=C\CCCCCCCCCC. The first kappa shape index (κ1) is 70.8. The van der Waals surface area contributed by atoms with E-state index in [2.05, 4.69) is 38.2 Å². The van der Waals surface area contributed by atoms with Crippen molar-refractivity contribution in [2.24, 2.45) is 0 Å². The lowest BCUT2D eigenvalue weighted by Crippen LogP contribution is -2.40. The summed E-state index contributed by atoms with van der Waals surface area (Å²) in [5.74, 6) is -2.00. The lowest BCUT2D eigenvalue weighted by atomic mass is 10.0. The van der Waals surface area contributed by atoms with E-state index < -0.39 is 24.3 Å². The highest BCUT2D eigenvalue weighted by molar-refractivity contribution is 5.71. The Balaban J connectivity index is 3.98. The number of carbonyl (C=O) groups excluding carboxylic acids is 2. The Morgan fingerprint density at radius 1 is 0.397 bits per heavy atom. The van der Waals surface area contributed by atoms with Gasteiger partial charge in [0.2, 0.25) is 0 Å². The summed E-state index contributed by atoms with van der Waals surface area (Å²) >= 11 is 0. The quantitative estimate of drug-likeness (QED) is 0.0211. The molecule has 0 saturated carbocycles. The first-order valence-corrected chi connectivity index (χ1v) is 31.5. The first-order chi connectivity index (χ1) is 35.6. The monoisotopic (exact) mass is 1030 g/mol. The van der Waals surface area contributed by atoms with Crippen molar-refractivity contribution in [2.45, 2.75) is 322 Å². The molecule has 0 amide bonds. The number of carbonyl (C=O) groups is 3. The molecule has 0 aromatic carbocycles. The number of hydrogen-bond donors (Lipinski definition) is 1. The number of aliphatic carboxylic acids is 1. The van der Waals surface area contributed by atoms with Crippen LogP contribution < -0.4 is 0 Å². The number of quaternary nitrogens is 1. The zero-order chi connectivity index (χ0) is 53.4. The van der Waals surface area contributed by atoms with Gasteiger partial charge in [0.15, 0.2) is 6.10 Å². The normalized spacial score (nSPS) is 12.8. The van der Waals surface area contributed by atoms with Crippen molar-refractivity contribution in [1.29, 1.82) is 0 Å². The molecule has 0 rings (SSSR count). The van der Waals surface area contributed by atoms with Crippen molar-refractivity contribution in [3.8, 4) is 0 Å². The maximum Gasteiger partial charge on any atom is 0.361 e. The Hall–Kier alpha value is -2.23. The van der Waals surface area contributed by atoms with Gasteiger partial charge in [-0.05, 0) is 64.2 Å². The van der Waals surface area contributed by atoms with Crippen LogP contribution >= 0.6 is 0 Å². The van der Waals surface area contributed by atoms with E-state index in [0.717, 1.165) is 51.4 Å². The summed E-state index contributed by atoms with van der Waals surface area (Å²) in [7, 11) is 5.97. The minimum absolute atomic E-state index is 0.181. The van der Waals surface area contributed by atoms with Crippen LogP contribution in [0, 0.1) is 0 Å². The second-order valence-electron chi connectivity index (χ2n) is 22.7. The van der Waals surface area contributed by atoms with Gasteiger partial charge in [0.05, 0.1) is 34.4 Å². The van der Waals surface area contributed by atoms with E-state index in [4.69, 9.17) is 18.9 Å². The molecule has 0 fully saturated rings. The van der Waals surface area contributed by atoms with Gasteiger partial charge in [-0.2, -0.15) is 0 Å². The number of ether oxygens (including phenoxy) is 4. The van der Waals surface area contributed by atoms with Gasteiger partial charge in [0.1, 0.15) is 13.2 Å². The molecule has 9 nitrogen and oxygen atoms in total. The summed E-state index contributed by atoms with van der Waals surface area (Å²) in [6, 6.07) is 0. The van der Waals surface area contributed by atoms with Crippen molar-refractivity contribution in [3.63, 3.8) is 0 Å². The maximum atomic E-state index is 12.9. The van der Waals surface area contributed by atoms with E-state index in [1.165, 1.54) is 231 Å². The summed E-state index contributed by atoms with van der Waals surface area (Å²) in [5, 5.41) is 9.69. The molecule has 73 heavy (non-hydrogen) atoms. The van der Waals surface area contributed by atoms with Gasteiger partial charge < -0.3 is 28.5 Å². The summed E-state index contributed by atoms with van der Waals surface area (Å²) in [4.78, 5) is 37.4. The standard InChI is InChI=1S/C64H121NO8/c1-6-8-10-12-14-16-18-20-21-22-23-24-25-26-27-28-29-30-31-32-33-34-35-36-37-38-39-40-41-43-45-47-49-51-53-55-62(67)73-60(59-72-64(63(68)69)70-57-56-65(3,4)5)58-71-61(66)54-52-50-48-46-44-42-19-17-15-13-11-9-7-2/h17,19,22-23,60,64H,6-16,18,20-21,24-59H2,1-5H3/p+1/b19-17-,23-22-. The summed E-state index contributed by atoms with van der Waals surface area (Å²) in [5.41, 5.74) is 0. The number of unbranched alkanes of at least 4 members (excludes halogenated alkanes) is 40. The van der Waals surface area contributed by atoms with E-state index in [1.54, 1.807) is 0 Å². The predicted octanol–water partition coefficient (Wildman–Crippen LogP) is 18.7. The number of nitrogens with zero attached hydrogens (tertiary/aromatic N) is 1. The zero-order valence-corrected chi connectivity index (χ0v) is 49.1. The molecule has 2 atom stereocenters. The van der Waals surface area contributed by atoms with E-state index in [1.807, 2.05) is 21.1 Å². The number of carboxylic acid groups (broad SMARTS) is 1. The molecule has 0 heterocycles. The van der Waals surface area contributed by atoms with E-state index >= 15 is 0 Å². The van der Waals surface area contributed by atoms with Gasteiger partial charge in [0.25, 0.3) is 6.29 Å². The highest BCUT2D eigenvalue weighted by Crippen LogP contribution is 2.18. The highest BCUT2D eigenvalue weighted by Gasteiger charge is 2.25. The third kappa shape index (κ3) is 57.3. The van der Waals surface area contributed by atoms with Crippen LogP contribution in [0.5, 0.6) is 0 Å². The fourth-order valence-corrected chi connectivity index (χ4v) is 9.30. The van der Waals surface area contributed by atoms with Gasteiger partial charge >= 0.3 is 17.9 Å². The summed E-state index contributed by atoms with van der Waals surface area (Å²) in [6.07, 6.45) is 64.4. The van der Waals surface area contributed by atoms with Crippen LogP contribution in [-0.4, -0.2) is 87.4 Å². The predicted molar refractivity (Wildman–Crippen MR) is 309 cm³/mol. The molecule has 0 saturated heterocycles. The first-order valence-electron chi connectivity index (χ1n) is 31.5. The number of rotatable bonds is 59. The second-order valence-corrected chi connectivity index (χ2v) is 22.7. The third-order valence-electron chi connectivity index (χ3n) is 14.2. The molecule has 0 aromatic rings. The third-order valence-corrected chi connectivity index (χ3v) is 14.2. The van der Waals surface area contributed by atoms with Crippen LogP contribution in [0.25, 0.3) is 0 Å². The fraction of sp³-hybridized carbons (Fsp3) is 0.891. The van der Waals surface area contributed by atoms with Gasteiger partial charge in [-0.25, -0.2) is 4.79 Å². The van der Waals surface area contributed by atoms with Crippen LogP contribution in [0.3, 0.4) is 0 Å². The highest BCUT2D eigenvalue weighted by atomic mass is 16.7. The molecular weight excluding hydrogens is 911 g/mol. The van der Waals surface area contributed by atoms with Crippen LogP contribution in [0.4, 0.5) is 0 Å². The molecule has 430 valence electrons. The molecule has 2 unspecified atom stereocenters. The Labute approximate surface area is 452 Å². The fourth-order valence-electron chi connectivity index (χ4n) is 9.30. The van der Waals surface area contributed by atoms with Crippen LogP contribution in [0.2, 0.25) is 0 Å². The number of allylic oxidation sites excluding steroid dienone is 4. The van der Waals surface area contributed by atoms with Gasteiger partial charge in [-0.15, -0.1) is 0 Å². The van der Waals surface area contributed by atoms with Gasteiger partial charge in [-0.1, -0.05) is 256 Å². The molecule has 0 aliphatic heterocycles. The van der Waals surface area contributed by atoms with Gasteiger partial charge in [0, 0.05) is 12.8 Å². The molecular formula is C64H122NO8+. The lowest BCUT2D eigenvalue weighted by Gasteiger charge is -2.25. The Morgan fingerprint density at radius 3 is 1.03 bits per heavy atom. The van der Waals surface area contributed by atoms with Crippen LogP contribution in [-0.2, 0) is 33.3 Å². The second kappa shape index (κ2) is 56.0. The van der Waals surface area contributed by atoms with Crippen molar-refractivity contribution >= 4 is 17.9 Å². The summed E-state index contributed by atoms with van der Waals surface area (Å²) < 4.78 is 22.9. The number of carboxylic acids is 1. The summed E-state index contributed by atoms with van der Waals surface area (Å²) in [6.45, 7) is 4.89. The van der Waals surface area contributed by atoms with Crippen LogP contribution in [0.15, 0.2) is 24.3 Å². The Kier molecular flexibility index (Phi) is 54.3. The Morgan fingerprint density at radius 2 is 0.699 bits per heavy atom. The van der Waals surface area contributed by atoms with Crippen molar-refractivity contribution < 1.29 is 42.9 Å². The average molecular weight is 1030 g/mol. The minimum atomic E-state index is -1.51. The van der Waals surface area contributed by atoms with E-state index in [-0.39, 0.29) is 32.2 Å². The molecule has 0 radical (unpaired) electrons. The molecule has 1 N–H and O–H groups in total. The zero-order valence-electron chi connectivity index (χ0n) is 49.1. The lowest BCUT2D eigenvalue weighted by molar-refractivity contribution is -0.870. The average Bonchev–Trinajstić information content (AvgIpc) is 3.36. The number of likely N-dealkylation sites (N-methyl/N-ethyl adjacent to an activating group) is 1. The molecule has 0 bridgehead atoms. The molecule has 0 aliphatic rings. The van der Waals surface area contributed by atoms with Crippen molar-refractivity contribution in [3.05, 3.63) is 24.3 Å². The maximum absolute atomic E-state index is 12.9. The minimum Gasteiger partial charge on any atom is -0.477 e. The van der Waals surface area contributed by atoms with Gasteiger partial charge in [-0.3, -0.25) is 9.59 Å². The smallest absolute Gasteiger partial charge is 0.361 e. The Bertz CT molecular complexity index is 1250. The number of hydrogen-bond acceptors (Lipinski definition) is 7. The van der Waals surface area contributed by atoms with Crippen molar-refractivity contribution in [2.75, 3.05) is 47.5 Å². The van der Waals surface area contributed by atoms with E-state index in [0.29, 0.717) is 17.4 Å². The molecule has 0 spiro atoms. The molecule has 0 aliphatic carbocycles. The largest absolute Gasteiger partial charge is 0.477 e. The van der Waals surface area contributed by atoms with Crippen LogP contribution in [0.1, 0.15) is 309 Å². The molecule has 0 aromatic heterocycles. The van der Waals surface area contributed by atoms with E-state index in [9.17, 15) is 19.5 Å². The van der Waals surface area contributed by atoms with Crippen molar-refractivity contribution in [1.82, 2.24) is 0 Å².